The molecule has 3 heterocycles. The molecule has 0 bridgehead atoms. The fourth-order valence-corrected chi connectivity index (χ4v) is 3.30. The lowest BCUT2D eigenvalue weighted by atomic mass is 10.1. The van der Waals surface area contributed by atoms with Gasteiger partial charge < -0.3 is 9.84 Å². The highest BCUT2D eigenvalue weighted by molar-refractivity contribution is 5.90. The number of hydrogen-bond donors (Lipinski definition) is 2. The first kappa shape index (κ1) is 21.2. The summed E-state index contributed by atoms with van der Waals surface area (Å²) in [5.74, 6) is 1.19. The topological polar surface area (TPSA) is 119 Å². The van der Waals surface area contributed by atoms with Gasteiger partial charge in [-0.25, -0.2) is 9.78 Å². The standard InChI is InChI=1S/C19H24N6O3.ClH/c1-4-7-25-16-15(17(26)23-19(25)27)12(9-13(21-16)11-5-6-11)18-22-14(24-28-18)8-10(2)20-3;/h9-11,20H,4-8H2,1-3H3,(H,23,26,27);1H. The first-order valence-corrected chi connectivity index (χ1v) is 9.69. The van der Waals surface area contributed by atoms with Gasteiger partial charge in [-0.1, -0.05) is 12.1 Å². The summed E-state index contributed by atoms with van der Waals surface area (Å²) in [6.45, 7) is 4.47. The number of aromatic nitrogens is 5. The van der Waals surface area contributed by atoms with Crippen molar-refractivity contribution in [2.45, 2.75) is 58.0 Å². The summed E-state index contributed by atoms with van der Waals surface area (Å²) in [6, 6.07) is 2.05. The molecule has 0 saturated heterocycles. The molecule has 1 aliphatic carbocycles. The minimum Gasteiger partial charge on any atom is -0.334 e. The Labute approximate surface area is 173 Å². The molecular weight excluding hydrogens is 396 g/mol. The van der Waals surface area contributed by atoms with E-state index in [0.29, 0.717) is 41.3 Å². The molecule has 1 saturated carbocycles. The van der Waals surface area contributed by atoms with Crippen LogP contribution in [0.25, 0.3) is 22.5 Å². The molecule has 0 spiro atoms. The summed E-state index contributed by atoms with van der Waals surface area (Å²) >= 11 is 0. The van der Waals surface area contributed by atoms with Gasteiger partial charge in [0.2, 0.25) is 0 Å². The van der Waals surface area contributed by atoms with Crippen LogP contribution in [0.2, 0.25) is 0 Å². The minimum atomic E-state index is -0.486. The minimum absolute atomic E-state index is 0. The number of aryl methyl sites for hydroxylation is 1. The monoisotopic (exact) mass is 420 g/mol. The molecule has 1 atom stereocenters. The van der Waals surface area contributed by atoms with Crippen molar-refractivity contribution < 1.29 is 4.52 Å². The number of rotatable bonds is 7. The second-order valence-electron chi connectivity index (χ2n) is 7.39. The van der Waals surface area contributed by atoms with Gasteiger partial charge in [0.05, 0.1) is 10.9 Å². The lowest BCUT2D eigenvalue weighted by Gasteiger charge is -2.11. The number of aromatic amines is 1. The van der Waals surface area contributed by atoms with Gasteiger partial charge in [0, 0.05) is 30.6 Å². The molecule has 0 aromatic carbocycles. The maximum absolute atomic E-state index is 12.7. The molecule has 2 N–H and O–H groups in total. The van der Waals surface area contributed by atoms with Crippen LogP contribution < -0.4 is 16.6 Å². The number of hydrogen-bond acceptors (Lipinski definition) is 7. The normalized spacial score (nSPS) is 14.7. The quantitative estimate of drug-likeness (QED) is 0.599. The van der Waals surface area contributed by atoms with Crippen LogP contribution in [0.3, 0.4) is 0 Å². The van der Waals surface area contributed by atoms with Crippen LogP contribution in [0.4, 0.5) is 0 Å². The van der Waals surface area contributed by atoms with Gasteiger partial charge in [-0.05, 0) is 39.3 Å². The number of fused-ring (bicyclic) bond motifs is 1. The molecule has 1 unspecified atom stereocenters. The third-order valence-corrected chi connectivity index (χ3v) is 5.09. The van der Waals surface area contributed by atoms with E-state index < -0.39 is 11.2 Å². The molecule has 3 aromatic rings. The molecule has 0 amide bonds. The summed E-state index contributed by atoms with van der Waals surface area (Å²) in [4.78, 5) is 36.6. The van der Waals surface area contributed by atoms with Crippen LogP contribution in [0.5, 0.6) is 0 Å². The third kappa shape index (κ3) is 4.11. The molecule has 1 fully saturated rings. The largest absolute Gasteiger partial charge is 0.334 e. The Morgan fingerprint density at radius 2 is 2.10 bits per heavy atom. The number of likely N-dealkylation sites (N-methyl/N-ethyl adjacent to an activating group) is 1. The van der Waals surface area contributed by atoms with Crippen molar-refractivity contribution in [2.24, 2.45) is 0 Å². The lowest BCUT2D eigenvalue weighted by Crippen LogP contribution is -2.31. The number of pyridine rings is 1. The fraction of sp³-hybridized carbons (Fsp3) is 0.526. The smallest absolute Gasteiger partial charge is 0.329 e. The van der Waals surface area contributed by atoms with Crippen LogP contribution in [-0.2, 0) is 13.0 Å². The van der Waals surface area contributed by atoms with Crippen molar-refractivity contribution in [1.82, 2.24) is 30.0 Å². The van der Waals surface area contributed by atoms with Crippen molar-refractivity contribution in [3.05, 3.63) is 38.4 Å². The molecule has 9 nitrogen and oxygen atoms in total. The van der Waals surface area contributed by atoms with Crippen LogP contribution in [0.1, 0.15) is 50.5 Å². The SMILES string of the molecule is CCCn1c(=O)[nH]c(=O)c2c(-c3nc(CC(C)NC)no3)cc(C3CC3)nc21.Cl. The Morgan fingerprint density at radius 3 is 2.76 bits per heavy atom. The van der Waals surface area contributed by atoms with Gasteiger partial charge in [0.25, 0.3) is 11.4 Å². The van der Waals surface area contributed by atoms with Crippen molar-refractivity contribution in [3.8, 4) is 11.5 Å². The first-order chi connectivity index (χ1) is 13.5. The average Bonchev–Trinajstić information content (AvgIpc) is 3.43. The van der Waals surface area contributed by atoms with E-state index in [1.807, 2.05) is 27.0 Å². The fourth-order valence-electron chi connectivity index (χ4n) is 3.30. The Bertz CT molecular complexity index is 1130. The predicted octanol–water partition coefficient (Wildman–Crippen LogP) is 1.99. The Hall–Kier alpha value is -2.52. The maximum atomic E-state index is 12.7. The molecular formula is C19H25ClN6O3. The van der Waals surface area contributed by atoms with E-state index in [9.17, 15) is 9.59 Å². The van der Waals surface area contributed by atoms with E-state index in [1.165, 1.54) is 4.57 Å². The maximum Gasteiger partial charge on any atom is 0.329 e. The zero-order valence-electron chi connectivity index (χ0n) is 16.7. The summed E-state index contributed by atoms with van der Waals surface area (Å²) in [5, 5.41) is 7.51. The zero-order valence-corrected chi connectivity index (χ0v) is 17.5. The average molecular weight is 421 g/mol. The van der Waals surface area contributed by atoms with Crippen molar-refractivity contribution >= 4 is 23.4 Å². The van der Waals surface area contributed by atoms with Gasteiger partial charge >= 0.3 is 5.69 Å². The number of halogens is 1. The van der Waals surface area contributed by atoms with E-state index >= 15 is 0 Å². The summed E-state index contributed by atoms with van der Waals surface area (Å²) < 4.78 is 7.01. The highest BCUT2D eigenvalue weighted by Crippen LogP contribution is 2.41. The number of H-pyrrole nitrogens is 1. The van der Waals surface area contributed by atoms with Gasteiger partial charge in [0.15, 0.2) is 11.5 Å². The van der Waals surface area contributed by atoms with Crippen molar-refractivity contribution in [2.75, 3.05) is 7.05 Å². The summed E-state index contributed by atoms with van der Waals surface area (Å²) in [6.07, 6.45) is 3.45. The molecule has 1 aliphatic rings. The van der Waals surface area contributed by atoms with E-state index in [2.05, 4.69) is 25.4 Å². The van der Waals surface area contributed by atoms with Crippen LogP contribution in [0, 0.1) is 0 Å². The highest BCUT2D eigenvalue weighted by Gasteiger charge is 2.28. The summed E-state index contributed by atoms with van der Waals surface area (Å²) in [7, 11) is 1.87. The zero-order chi connectivity index (χ0) is 19.8. The Kier molecular flexibility index (Phi) is 6.18. The van der Waals surface area contributed by atoms with Crippen LogP contribution >= 0.6 is 12.4 Å². The Morgan fingerprint density at radius 1 is 1.34 bits per heavy atom. The van der Waals surface area contributed by atoms with E-state index in [0.717, 1.165) is 25.0 Å². The molecule has 10 heteroatoms. The predicted molar refractivity (Wildman–Crippen MR) is 112 cm³/mol. The van der Waals surface area contributed by atoms with Gasteiger partial charge in [0.1, 0.15) is 0 Å². The van der Waals surface area contributed by atoms with E-state index in [1.54, 1.807) is 0 Å². The number of nitrogens with zero attached hydrogens (tertiary/aromatic N) is 4. The van der Waals surface area contributed by atoms with Gasteiger partial charge in [-0.3, -0.25) is 14.3 Å². The van der Waals surface area contributed by atoms with Crippen LogP contribution in [-0.4, -0.2) is 37.8 Å². The highest BCUT2D eigenvalue weighted by atomic mass is 35.5. The Balaban J connectivity index is 0.00000240. The van der Waals surface area contributed by atoms with Crippen molar-refractivity contribution in [1.29, 1.82) is 0 Å². The third-order valence-electron chi connectivity index (χ3n) is 5.09. The molecule has 0 aliphatic heterocycles. The second-order valence-corrected chi connectivity index (χ2v) is 7.39. The van der Waals surface area contributed by atoms with Gasteiger partial charge in [-0.15, -0.1) is 12.4 Å². The molecule has 3 aromatic heterocycles. The second kappa shape index (κ2) is 8.46. The molecule has 156 valence electrons. The molecule has 29 heavy (non-hydrogen) atoms. The molecule has 4 rings (SSSR count). The lowest BCUT2D eigenvalue weighted by molar-refractivity contribution is 0.418. The summed E-state index contributed by atoms with van der Waals surface area (Å²) in [5.41, 5.74) is 0.855. The van der Waals surface area contributed by atoms with Gasteiger partial charge in [-0.2, -0.15) is 4.98 Å². The van der Waals surface area contributed by atoms with Crippen LogP contribution in [0.15, 0.2) is 20.2 Å². The van der Waals surface area contributed by atoms with E-state index in [-0.39, 0.29) is 24.3 Å². The first-order valence-electron chi connectivity index (χ1n) is 9.69. The number of nitrogens with one attached hydrogen (secondary N) is 2. The molecule has 0 radical (unpaired) electrons. The van der Waals surface area contributed by atoms with Crippen molar-refractivity contribution in [3.63, 3.8) is 0 Å². The van der Waals surface area contributed by atoms with E-state index in [4.69, 9.17) is 4.52 Å².